The summed E-state index contributed by atoms with van der Waals surface area (Å²) in [7, 11) is 0. The Kier molecular flexibility index (Phi) is 6.18. The SMILES string of the molecule is CC(C)(CCC#N)CNCCc1ccc(Cl)cc1. The molecule has 0 saturated heterocycles. The van der Waals surface area contributed by atoms with Crippen molar-refractivity contribution in [3.63, 3.8) is 0 Å². The number of rotatable bonds is 7. The van der Waals surface area contributed by atoms with Crippen LogP contribution in [0.1, 0.15) is 32.3 Å². The van der Waals surface area contributed by atoms with E-state index >= 15 is 0 Å². The molecule has 0 atom stereocenters. The molecule has 0 spiro atoms. The Morgan fingerprint density at radius 1 is 1.28 bits per heavy atom. The number of nitrogens with zero attached hydrogens (tertiary/aromatic N) is 1. The van der Waals surface area contributed by atoms with E-state index in [0.29, 0.717) is 6.42 Å². The molecule has 18 heavy (non-hydrogen) atoms. The smallest absolute Gasteiger partial charge is 0.0621 e. The van der Waals surface area contributed by atoms with Gasteiger partial charge in [0.2, 0.25) is 0 Å². The van der Waals surface area contributed by atoms with Crippen LogP contribution in [0.4, 0.5) is 0 Å². The van der Waals surface area contributed by atoms with Gasteiger partial charge in [0.15, 0.2) is 0 Å². The van der Waals surface area contributed by atoms with Crippen LogP contribution in [0.5, 0.6) is 0 Å². The van der Waals surface area contributed by atoms with Crippen molar-refractivity contribution < 1.29 is 0 Å². The Labute approximate surface area is 115 Å². The summed E-state index contributed by atoms with van der Waals surface area (Å²) in [5.74, 6) is 0. The quantitative estimate of drug-likeness (QED) is 0.761. The molecule has 0 heterocycles. The second kappa shape index (κ2) is 7.41. The van der Waals surface area contributed by atoms with E-state index in [9.17, 15) is 0 Å². The van der Waals surface area contributed by atoms with Crippen molar-refractivity contribution in [3.05, 3.63) is 34.9 Å². The van der Waals surface area contributed by atoms with E-state index in [-0.39, 0.29) is 5.41 Å². The van der Waals surface area contributed by atoms with E-state index in [1.54, 1.807) is 0 Å². The first-order valence-electron chi connectivity index (χ1n) is 6.36. The van der Waals surface area contributed by atoms with Crippen molar-refractivity contribution in [1.82, 2.24) is 5.32 Å². The Bertz CT molecular complexity index is 390. The summed E-state index contributed by atoms with van der Waals surface area (Å²) < 4.78 is 0. The van der Waals surface area contributed by atoms with E-state index in [0.717, 1.165) is 31.0 Å². The number of halogens is 1. The zero-order valence-corrected chi connectivity index (χ0v) is 11.9. The summed E-state index contributed by atoms with van der Waals surface area (Å²) in [5, 5.41) is 12.8. The van der Waals surface area contributed by atoms with Crippen molar-refractivity contribution in [2.24, 2.45) is 5.41 Å². The Morgan fingerprint density at radius 2 is 1.94 bits per heavy atom. The summed E-state index contributed by atoms with van der Waals surface area (Å²) in [6.45, 7) is 6.29. The zero-order valence-electron chi connectivity index (χ0n) is 11.2. The molecule has 0 aliphatic rings. The number of benzene rings is 1. The lowest BCUT2D eigenvalue weighted by molar-refractivity contribution is 0.319. The first kappa shape index (κ1) is 15.0. The van der Waals surface area contributed by atoms with Gasteiger partial charge in [0, 0.05) is 18.0 Å². The summed E-state index contributed by atoms with van der Waals surface area (Å²) >= 11 is 5.84. The lowest BCUT2D eigenvalue weighted by Crippen LogP contribution is -2.30. The number of nitriles is 1. The van der Waals surface area contributed by atoms with Crippen molar-refractivity contribution in [1.29, 1.82) is 5.26 Å². The average Bonchev–Trinajstić information content (AvgIpc) is 2.34. The van der Waals surface area contributed by atoms with Crippen molar-refractivity contribution >= 4 is 11.6 Å². The molecule has 1 rings (SSSR count). The molecule has 0 unspecified atom stereocenters. The standard InChI is InChI=1S/C15H21ClN2/c1-15(2,9-3-10-17)12-18-11-8-13-4-6-14(16)7-5-13/h4-7,18H,3,8-9,11-12H2,1-2H3. The topological polar surface area (TPSA) is 35.8 Å². The molecule has 0 aliphatic carbocycles. The van der Waals surface area contributed by atoms with Gasteiger partial charge < -0.3 is 5.32 Å². The van der Waals surface area contributed by atoms with E-state index in [1.807, 2.05) is 12.1 Å². The second-order valence-corrected chi connectivity index (χ2v) is 5.81. The molecule has 1 N–H and O–H groups in total. The highest BCUT2D eigenvalue weighted by molar-refractivity contribution is 6.30. The maximum Gasteiger partial charge on any atom is 0.0621 e. The summed E-state index contributed by atoms with van der Waals surface area (Å²) in [4.78, 5) is 0. The highest BCUT2D eigenvalue weighted by Crippen LogP contribution is 2.20. The number of hydrogen-bond donors (Lipinski definition) is 1. The van der Waals surface area contributed by atoms with Gasteiger partial charge in [-0.25, -0.2) is 0 Å². The molecule has 0 saturated carbocycles. The average molecular weight is 265 g/mol. The molecular weight excluding hydrogens is 244 g/mol. The largest absolute Gasteiger partial charge is 0.316 e. The van der Waals surface area contributed by atoms with Crippen LogP contribution in [-0.2, 0) is 6.42 Å². The Balaban J connectivity index is 2.22. The minimum Gasteiger partial charge on any atom is -0.316 e. The first-order valence-corrected chi connectivity index (χ1v) is 6.73. The summed E-state index contributed by atoms with van der Waals surface area (Å²) in [6.07, 6.45) is 2.58. The van der Waals surface area contributed by atoms with Gasteiger partial charge >= 0.3 is 0 Å². The lowest BCUT2D eigenvalue weighted by atomic mass is 9.88. The van der Waals surface area contributed by atoms with Gasteiger partial charge in [-0.1, -0.05) is 37.6 Å². The third-order valence-corrected chi connectivity index (χ3v) is 3.27. The van der Waals surface area contributed by atoms with Crippen LogP contribution in [-0.4, -0.2) is 13.1 Å². The molecule has 0 radical (unpaired) electrons. The number of hydrogen-bond acceptors (Lipinski definition) is 2. The van der Waals surface area contributed by atoms with Crippen LogP contribution >= 0.6 is 11.6 Å². The van der Waals surface area contributed by atoms with Crippen LogP contribution in [0.25, 0.3) is 0 Å². The van der Waals surface area contributed by atoms with Gasteiger partial charge in [-0.15, -0.1) is 0 Å². The van der Waals surface area contributed by atoms with E-state index in [1.165, 1.54) is 5.56 Å². The maximum absolute atomic E-state index is 8.59. The van der Waals surface area contributed by atoms with Crippen molar-refractivity contribution in [2.75, 3.05) is 13.1 Å². The second-order valence-electron chi connectivity index (χ2n) is 5.38. The van der Waals surface area contributed by atoms with Gasteiger partial charge in [0.1, 0.15) is 0 Å². The monoisotopic (exact) mass is 264 g/mol. The predicted molar refractivity (Wildman–Crippen MR) is 76.7 cm³/mol. The molecule has 1 aromatic rings. The fourth-order valence-electron chi connectivity index (χ4n) is 1.79. The predicted octanol–water partition coefficient (Wildman–Crippen LogP) is 3.80. The fraction of sp³-hybridized carbons (Fsp3) is 0.533. The minimum atomic E-state index is 0.190. The van der Waals surface area contributed by atoms with Gasteiger partial charge in [-0.05, 0) is 42.5 Å². The van der Waals surface area contributed by atoms with Crippen LogP contribution in [0.3, 0.4) is 0 Å². The van der Waals surface area contributed by atoms with Gasteiger partial charge in [0.25, 0.3) is 0 Å². The van der Waals surface area contributed by atoms with E-state index < -0.39 is 0 Å². The summed E-state index contributed by atoms with van der Waals surface area (Å²) in [6, 6.07) is 10.2. The van der Waals surface area contributed by atoms with Crippen molar-refractivity contribution in [2.45, 2.75) is 33.1 Å². The summed E-state index contributed by atoms with van der Waals surface area (Å²) in [5.41, 5.74) is 1.48. The van der Waals surface area contributed by atoms with Crippen LogP contribution in [0.15, 0.2) is 24.3 Å². The van der Waals surface area contributed by atoms with Gasteiger partial charge in [-0.3, -0.25) is 0 Å². The van der Waals surface area contributed by atoms with E-state index in [2.05, 4.69) is 37.4 Å². The fourth-order valence-corrected chi connectivity index (χ4v) is 1.92. The Hall–Kier alpha value is -1.04. The molecule has 3 heteroatoms. The highest BCUT2D eigenvalue weighted by Gasteiger charge is 2.16. The molecular formula is C15H21ClN2. The lowest BCUT2D eigenvalue weighted by Gasteiger charge is -2.23. The van der Waals surface area contributed by atoms with Crippen molar-refractivity contribution in [3.8, 4) is 6.07 Å². The third-order valence-electron chi connectivity index (χ3n) is 3.02. The first-order chi connectivity index (χ1) is 8.53. The highest BCUT2D eigenvalue weighted by atomic mass is 35.5. The maximum atomic E-state index is 8.59. The molecule has 0 bridgehead atoms. The van der Waals surface area contributed by atoms with Crippen LogP contribution < -0.4 is 5.32 Å². The van der Waals surface area contributed by atoms with Crippen LogP contribution in [0.2, 0.25) is 5.02 Å². The molecule has 0 fully saturated rings. The molecule has 1 aromatic carbocycles. The van der Waals surface area contributed by atoms with Gasteiger partial charge in [0.05, 0.1) is 6.07 Å². The molecule has 0 aromatic heterocycles. The van der Waals surface area contributed by atoms with Crippen LogP contribution in [0, 0.1) is 16.7 Å². The molecule has 0 amide bonds. The normalized spacial score (nSPS) is 11.2. The van der Waals surface area contributed by atoms with E-state index in [4.69, 9.17) is 16.9 Å². The molecule has 98 valence electrons. The molecule has 2 nitrogen and oxygen atoms in total. The molecule has 0 aliphatic heterocycles. The zero-order chi connectivity index (χ0) is 13.4. The minimum absolute atomic E-state index is 0.190. The third kappa shape index (κ3) is 6.05. The van der Waals surface area contributed by atoms with Gasteiger partial charge in [-0.2, -0.15) is 5.26 Å². The Morgan fingerprint density at radius 3 is 2.56 bits per heavy atom. The number of nitrogens with one attached hydrogen (secondary N) is 1.